The molecule has 0 saturated carbocycles. The molecule has 2 amide bonds. The first-order valence-electron chi connectivity index (χ1n) is 12.1. The van der Waals surface area contributed by atoms with Crippen LogP contribution in [-0.2, 0) is 26.2 Å². The Hall–Kier alpha value is -4.12. The lowest BCUT2D eigenvalue weighted by atomic mass is 10.1. The minimum Gasteiger partial charge on any atom is -0.493 e. The molecule has 0 aromatic heterocycles. The molecule has 0 aliphatic carbocycles. The van der Waals surface area contributed by atoms with Gasteiger partial charge in [-0.1, -0.05) is 35.9 Å². The van der Waals surface area contributed by atoms with Gasteiger partial charge in [0.25, 0.3) is 10.0 Å². The maximum absolute atomic E-state index is 14.5. The lowest BCUT2D eigenvalue weighted by Crippen LogP contribution is -2.50. The summed E-state index contributed by atoms with van der Waals surface area (Å²) in [5, 5.41) is 2.49. The number of hydrogen-bond donors (Lipinski definition) is 1. The highest BCUT2D eigenvalue weighted by atomic mass is 32.2. The van der Waals surface area contributed by atoms with Crippen LogP contribution in [0, 0.1) is 12.7 Å². The molecule has 0 aliphatic heterocycles. The van der Waals surface area contributed by atoms with Crippen molar-refractivity contribution in [2.75, 3.05) is 32.1 Å². The number of carbonyl (C=O) groups is 2. The molecule has 208 valence electrons. The van der Waals surface area contributed by atoms with E-state index in [0.29, 0.717) is 5.75 Å². The summed E-state index contributed by atoms with van der Waals surface area (Å²) in [4.78, 5) is 27.3. The van der Waals surface area contributed by atoms with Crippen molar-refractivity contribution in [3.05, 3.63) is 83.7 Å². The Morgan fingerprint density at radius 3 is 2.21 bits per heavy atom. The normalized spacial score (nSPS) is 11.8. The van der Waals surface area contributed by atoms with E-state index in [9.17, 15) is 22.4 Å². The van der Waals surface area contributed by atoms with Crippen molar-refractivity contribution in [2.45, 2.75) is 31.3 Å². The van der Waals surface area contributed by atoms with Gasteiger partial charge in [-0.2, -0.15) is 0 Å². The summed E-state index contributed by atoms with van der Waals surface area (Å²) >= 11 is 0. The first kappa shape index (κ1) is 29.4. The zero-order valence-electron chi connectivity index (χ0n) is 22.5. The summed E-state index contributed by atoms with van der Waals surface area (Å²) in [7, 11) is -0.0718. The summed E-state index contributed by atoms with van der Waals surface area (Å²) in [6.45, 7) is 2.47. The molecule has 0 fully saturated rings. The van der Waals surface area contributed by atoms with Crippen molar-refractivity contribution in [2.24, 2.45) is 0 Å². The van der Waals surface area contributed by atoms with Crippen LogP contribution in [0.25, 0.3) is 0 Å². The molecule has 0 spiro atoms. The highest BCUT2D eigenvalue weighted by molar-refractivity contribution is 7.92. The number of benzene rings is 3. The molecule has 1 N–H and O–H groups in total. The Morgan fingerprint density at radius 2 is 1.62 bits per heavy atom. The molecule has 0 heterocycles. The zero-order valence-corrected chi connectivity index (χ0v) is 23.3. The average molecular weight is 558 g/mol. The second kappa shape index (κ2) is 12.6. The maximum Gasteiger partial charge on any atom is 0.264 e. The van der Waals surface area contributed by atoms with Crippen molar-refractivity contribution >= 4 is 27.5 Å². The number of halogens is 1. The van der Waals surface area contributed by atoms with Gasteiger partial charge in [-0.05, 0) is 44.2 Å². The quantitative estimate of drug-likeness (QED) is 0.387. The van der Waals surface area contributed by atoms with Gasteiger partial charge in [0.1, 0.15) is 18.4 Å². The number of amides is 2. The lowest BCUT2D eigenvalue weighted by molar-refractivity contribution is -0.139. The Morgan fingerprint density at radius 1 is 0.974 bits per heavy atom. The number of nitrogens with one attached hydrogen (secondary N) is 1. The molecule has 3 rings (SSSR count). The van der Waals surface area contributed by atoms with Crippen LogP contribution in [0.15, 0.2) is 71.6 Å². The first-order chi connectivity index (χ1) is 18.5. The second-order valence-corrected chi connectivity index (χ2v) is 10.6. The fourth-order valence-electron chi connectivity index (χ4n) is 3.95. The number of likely N-dealkylation sites (N-methyl/N-ethyl adjacent to an activating group) is 1. The molecule has 11 heteroatoms. The number of aryl methyl sites for hydroxylation is 1. The largest absolute Gasteiger partial charge is 0.493 e. The third kappa shape index (κ3) is 6.66. The minimum absolute atomic E-state index is 0.131. The number of anilines is 1. The predicted molar refractivity (Wildman–Crippen MR) is 146 cm³/mol. The molecule has 0 bridgehead atoms. The van der Waals surface area contributed by atoms with Crippen molar-refractivity contribution in [3.8, 4) is 11.5 Å². The lowest BCUT2D eigenvalue weighted by Gasteiger charge is -2.32. The van der Waals surface area contributed by atoms with Crippen LogP contribution < -0.4 is 19.1 Å². The molecule has 39 heavy (non-hydrogen) atoms. The van der Waals surface area contributed by atoms with E-state index < -0.39 is 40.2 Å². The van der Waals surface area contributed by atoms with Crippen LogP contribution in [0.1, 0.15) is 18.1 Å². The Bertz CT molecular complexity index is 1430. The van der Waals surface area contributed by atoms with Gasteiger partial charge in [0.15, 0.2) is 11.5 Å². The summed E-state index contributed by atoms with van der Waals surface area (Å²) < 4.78 is 53.8. The van der Waals surface area contributed by atoms with Crippen molar-refractivity contribution in [1.82, 2.24) is 10.2 Å². The Balaban J connectivity index is 2.08. The maximum atomic E-state index is 14.5. The van der Waals surface area contributed by atoms with Gasteiger partial charge >= 0.3 is 0 Å². The van der Waals surface area contributed by atoms with Gasteiger partial charge in [0.05, 0.1) is 24.8 Å². The number of hydrogen-bond acceptors (Lipinski definition) is 6. The fraction of sp³-hybridized carbons (Fsp3) is 0.286. The summed E-state index contributed by atoms with van der Waals surface area (Å²) in [6.07, 6.45) is 0. The Kier molecular flexibility index (Phi) is 9.52. The van der Waals surface area contributed by atoms with Crippen LogP contribution in [0.5, 0.6) is 11.5 Å². The predicted octanol–water partition coefficient (Wildman–Crippen LogP) is 3.51. The number of rotatable bonds is 11. The second-order valence-electron chi connectivity index (χ2n) is 8.77. The summed E-state index contributed by atoms with van der Waals surface area (Å²) in [5.41, 5.74) is 1.32. The van der Waals surface area contributed by atoms with Gasteiger partial charge < -0.3 is 19.7 Å². The van der Waals surface area contributed by atoms with E-state index in [1.54, 1.807) is 30.3 Å². The summed E-state index contributed by atoms with van der Waals surface area (Å²) in [5.74, 6) is -1.19. The molecule has 9 nitrogen and oxygen atoms in total. The number of nitrogens with zero attached hydrogens (tertiary/aromatic N) is 2. The van der Waals surface area contributed by atoms with E-state index in [4.69, 9.17) is 9.47 Å². The molecule has 0 aliphatic rings. The molecule has 0 radical (unpaired) electrons. The molecule has 1 unspecified atom stereocenters. The SMILES string of the molecule is CNC(=O)C(C)N(Cc1ccccc1F)C(=O)CN(c1ccc(C)cc1)S(=O)(=O)c1ccc(OC)c(OC)c1. The van der Waals surface area contributed by atoms with Gasteiger partial charge in [-0.25, -0.2) is 12.8 Å². The highest BCUT2D eigenvalue weighted by Crippen LogP contribution is 2.32. The molecular formula is C28H32FN3O6S. The number of sulfonamides is 1. The van der Waals surface area contributed by atoms with E-state index in [-0.39, 0.29) is 28.4 Å². The van der Waals surface area contributed by atoms with Gasteiger partial charge in [0.2, 0.25) is 11.8 Å². The molecule has 3 aromatic rings. The topological polar surface area (TPSA) is 105 Å². The van der Waals surface area contributed by atoms with E-state index >= 15 is 0 Å². The smallest absolute Gasteiger partial charge is 0.264 e. The highest BCUT2D eigenvalue weighted by Gasteiger charge is 2.33. The zero-order chi connectivity index (χ0) is 28.7. The van der Waals surface area contributed by atoms with Gasteiger partial charge in [-0.15, -0.1) is 0 Å². The third-order valence-electron chi connectivity index (χ3n) is 6.26. The van der Waals surface area contributed by atoms with Crippen LogP contribution in [0.2, 0.25) is 0 Å². The van der Waals surface area contributed by atoms with Crippen molar-refractivity contribution < 1.29 is 31.9 Å². The van der Waals surface area contributed by atoms with E-state index in [0.717, 1.165) is 14.8 Å². The van der Waals surface area contributed by atoms with Gasteiger partial charge in [-0.3, -0.25) is 13.9 Å². The first-order valence-corrected chi connectivity index (χ1v) is 13.5. The van der Waals surface area contributed by atoms with Crippen LogP contribution in [0.4, 0.5) is 10.1 Å². The van der Waals surface area contributed by atoms with E-state index in [1.807, 2.05) is 6.92 Å². The third-order valence-corrected chi connectivity index (χ3v) is 8.03. The monoisotopic (exact) mass is 557 g/mol. The molecule has 0 saturated heterocycles. The molecule has 3 aromatic carbocycles. The van der Waals surface area contributed by atoms with Crippen molar-refractivity contribution in [1.29, 1.82) is 0 Å². The van der Waals surface area contributed by atoms with Crippen LogP contribution in [0.3, 0.4) is 0 Å². The number of ether oxygens (including phenoxy) is 2. The minimum atomic E-state index is -4.31. The van der Waals surface area contributed by atoms with Gasteiger partial charge in [0, 0.05) is 25.2 Å². The standard InChI is InChI=1S/C28H32FN3O6S/c1-19-10-12-22(13-11-19)32(39(35,36)23-14-15-25(37-4)26(16-23)38-5)18-27(33)31(20(2)28(34)30-3)17-21-8-6-7-9-24(21)29/h6-16,20H,17-18H2,1-5H3,(H,30,34). The number of carbonyl (C=O) groups excluding carboxylic acids is 2. The number of methoxy groups -OCH3 is 2. The Labute approximate surface area is 228 Å². The van der Waals surface area contributed by atoms with Crippen LogP contribution >= 0.6 is 0 Å². The molecular weight excluding hydrogens is 525 g/mol. The summed E-state index contributed by atoms with van der Waals surface area (Å²) in [6, 6.07) is 15.6. The van der Waals surface area contributed by atoms with E-state index in [1.165, 1.54) is 64.6 Å². The average Bonchev–Trinajstić information content (AvgIpc) is 2.94. The van der Waals surface area contributed by atoms with E-state index in [2.05, 4.69) is 5.32 Å². The fourth-order valence-corrected chi connectivity index (χ4v) is 5.38. The van der Waals surface area contributed by atoms with Crippen molar-refractivity contribution in [3.63, 3.8) is 0 Å². The van der Waals surface area contributed by atoms with Crippen LogP contribution in [-0.4, -0.2) is 59.0 Å². The molecule has 1 atom stereocenters.